The smallest absolute Gasteiger partial charge is 0.290 e. The van der Waals surface area contributed by atoms with Gasteiger partial charge in [-0.2, -0.15) is 0 Å². The number of nitrogens with two attached hydrogens (primary N) is 1. The van der Waals surface area contributed by atoms with Crippen LogP contribution in [0.3, 0.4) is 0 Å². The summed E-state index contributed by atoms with van der Waals surface area (Å²) in [6, 6.07) is 8.67. The number of nitrogens with zero attached hydrogens (tertiary/aromatic N) is 3. The number of methoxy groups -OCH3 is 1. The highest BCUT2D eigenvalue weighted by atomic mass is 16.5. The largest absolute Gasteiger partial charge is 0.497 e. The van der Waals surface area contributed by atoms with Gasteiger partial charge in [0.05, 0.1) is 7.11 Å². The standard InChI is InChI=1S/C20H24N4O3.CH2O2/c1-14-12-16(27-2)4-5-17(14)19(25)23-8-3-9-24(11-10-23)20(26)18-13-15(21)6-7-22-18;2-1-3/h4-7,12-13H,3,8-11H2,1-2H3,(H2,21,22);1H,(H,2,3). The fraction of sp³-hybridized carbons (Fsp3) is 0.333. The second-order valence-corrected chi connectivity index (χ2v) is 6.70. The minimum absolute atomic E-state index is 0.0217. The van der Waals surface area contributed by atoms with Crippen LogP contribution in [0, 0.1) is 6.92 Å². The number of hydrogen-bond donors (Lipinski definition) is 2. The fourth-order valence-electron chi connectivity index (χ4n) is 3.22. The Morgan fingerprint density at radius 3 is 2.30 bits per heavy atom. The first-order valence-corrected chi connectivity index (χ1v) is 9.43. The molecule has 0 saturated carbocycles. The number of pyridine rings is 1. The van der Waals surface area contributed by atoms with E-state index in [1.807, 2.05) is 13.0 Å². The van der Waals surface area contributed by atoms with Gasteiger partial charge in [-0.1, -0.05) is 0 Å². The van der Waals surface area contributed by atoms with Crippen LogP contribution in [0.15, 0.2) is 36.5 Å². The molecule has 9 heteroatoms. The van der Waals surface area contributed by atoms with Gasteiger partial charge in [0.1, 0.15) is 11.4 Å². The molecule has 160 valence electrons. The van der Waals surface area contributed by atoms with Crippen LogP contribution in [-0.2, 0) is 4.79 Å². The zero-order valence-corrected chi connectivity index (χ0v) is 17.1. The summed E-state index contributed by atoms with van der Waals surface area (Å²) >= 11 is 0. The Labute approximate surface area is 175 Å². The molecule has 2 aromatic rings. The molecule has 0 unspecified atom stereocenters. The third kappa shape index (κ3) is 5.69. The maximum Gasteiger partial charge on any atom is 0.290 e. The number of aromatic nitrogens is 1. The van der Waals surface area contributed by atoms with Gasteiger partial charge in [-0.25, -0.2) is 0 Å². The van der Waals surface area contributed by atoms with Crippen molar-refractivity contribution in [3.05, 3.63) is 53.3 Å². The molecule has 0 aliphatic carbocycles. The van der Waals surface area contributed by atoms with E-state index in [2.05, 4.69) is 4.98 Å². The van der Waals surface area contributed by atoms with Gasteiger partial charge in [0.25, 0.3) is 18.3 Å². The Bertz CT molecular complexity index is 903. The monoisotopic (exact) mass is 414 g/mol. The minimum atomic E-state index is -0.250. The highest BCUT2D eigenvalue weighted by Crippen LogP contribution is 2.19. The van der Waals surface area contributed by atoms with Crippen molar-refractivity contribution in [3.8, 4) is 5.75 Å². The van der Waals surface area contributed by atoms with E-state index >= 15 is 0 Å². The minimum Gasteiger partial charge on any atom is -0.497 e. The van der Waals surface area contributed by atoms with E-state index in [0.29, 0.717) is 43.1 Å². The topological polar surface area (TPSA) is 126 Å². The van der Waals surface area contributed by atoms with Crippen LogP contribution < -0.4 is 10.5 Å². The van der Waals surface area contributed by atoms with Crippen molar-refractivity contribution in [2.75, 3.05) is 39.0 Å². The molecular weight excluding hydrogens is 388 g/mol. The van der Waals surface area contributed by atoms with Gasteiger partial charge in [0, 0.05) is 43.6 Å². The zero-order valence-electron chi connectivity index (χ0n) is 17.1. The SMILES string of the molecule is COc1ccc(C(=O)N2CCCN(C(=O)c3cc(N)ccn3)CC2)c(C)c1.O=CO. The molecule has 30 heavy (non-hydrogen) atoms. The zero-order chi connectivity index (χ0) is 22.1. The first-order valence-electron chi connectivity index (χ1n) is 9.43. The molecule has 2 amide bonds. The number of ether oxygens (including phenoxy) is 1. The molecule has 0 spiro atoms. The summed E-state index contributed by atoms with van der Waals surface area (Å²) in [5.41, 5.74) is 8.12. The Morgan fingerprint density at radius 1 is 1.10 bits per heavy atom. The highest BCUT2D eigenvalue weighted by Gasteiger charge is 2.25. The van der Waals surface area contributed by atoms with Gasteiger partial charge in [-0.05, 0) is 49.2 Å². The summed E-state index contributed by atoms with van der Waals surface area (Å²) < 4.78 is 5.20. The van der Waals surface area contributed by atoms with Crippen LogP contribution in [0.4, 0.5) is 5.69 Å². The van der Waals surface area contributed by atoms with Crippen molar-refractivity contribution < 1.29 is 24.2 Å². The fourth-order valence-corrected chi connectivity index (χ4v) is 3.22. The average Bonchev–Trinajstić information content (AvgIpc) is 2.99. The molecule has 9 nitrogen and oxygen atoms in total. The van der Waals surface area contributed by atoms with Crippen LogP contribution in [0.1, 0.15) is 32.8 Å². The van der Waals surface area contributed by atoms with E-state index in [1.54, 1.807) is 41.2 Å². The molecule has 1 aliphatic heterocycles. The van der Waals surface area contributed by atoms with Crippen LogP contribution in [-0.4, -0.2) is 71.5 Å². The summed E-state index contributed by atoms with van der Waals surface area (Å²) in [5.74, 6) is 0.551. The van der Waals surface area contributed by atoms with E-state index in [9.17, 15) is 9.59 Å². The van der Waals surface area contributed by atoms with Gasteiger partial charge in [0.2, 0.25) is 0 Å². The van der Waals surface area contributed by atoms with Crippen LogP contribution >= 0.6 is 0 Å². The van der Waals surface area contributed by atoms with Gasteiger partial charge in [-0.3, -0.25) is 19.4 Å². The summed E-state index contributed by atoms with van der Waals surface area (Å²) in [7, 11) is 1.60. The van der Waals surface area contributed by atoms with Crippen LogP contribution in [0.25, 0.3) is 0 Å². The maximum absolute atomic E-state index is 12.9. The molecule has 1 aliphatic rings. The summed E-state index contributed by atoms with van der Waals surface area (Å²) in [5, 5.41) is 6.89. The number of nitrogen functional groups attached to an aromatic ring is 1. The highest BCUT2D eigenvalue weighted by molar-refractivity contribution is 5.96. The van der Waals surface area contributed by atoms with Crippen molar-refractivity contribution in [1.29, 1.82) is 0 Å². The number of aryl methyl sites for hydroxylation is 1. The number of hydrogen-bond acceptors (Lipinski definition) is 6. The lowest BCUT2D eigenvalue weighted by molar-refractivity contribution is -0.122. The Balaban J connectivity index is 0.00000101. The number of rotatable bonds is 3. The molecule has 2 heterocycles. The van der Waals surface area contributed by atoms with Crippen LogP contribution in [0.5, 0.6) is 5.75 Å². The second-order valence-electron chi connectivity index (χ2n) is 6.70. The molecule has 1 aromatic carbocycles. The third-order valence-electron chi connectivity index (χ3n) is 4.74. The summed E-state index contributed by atoms with van der Waals surface area (Å²) in [4.78, 5) is 41.6. The van der Waals surface area contributed by atoms with E-state index in [0.717, 1.165) is 17.7 Å². The van der Waals surface area contributed by atoms with Crippen molar-refractivity contribution >= 4 is 24.0 Å². The number of benzene rings is 1. The second kappa shape index (κ2) is 10.8. The molecule has 1 aromatic heterocycles. The Kier molecular flexibility index (Phi) is 8.16. The molecule has 3 N–H and O–H groups in total. The van der Waals surface area contributed by atoms with E-state index < -0.39 is 0 Å². The number of anilines is 1. The van der Waals surface area contributed by atoms with Crippen molar-refractivity contribution in [1.82, 2.24) is 14.8 Å². The number of carbonyl (C=O) groups excluding carboxylic acids is 2. The van der Waals surface area contributed by atoms with Crippen molar-refractivity contribution in [3.63, 3.8) is 0 Å². The van der Waals surface area contributed by atoms with Crippen molar-refractivity contribution in [2.45, 2.75) is 13.3 Å². The average molecular weight is 414 g/mol. The molecule has 1 fully saturated rings. The van der Waals surface area contributed by atoms with Gasteiger partial charge < -0.3 is 25.4 Å². The number of amides is 2. The van der Waals surface area contributed by atoms with E-state index in [1.165, 1.54) is 6.20 Å². The van der Waals surface area contributed by atoms with E-state index in [4.69, 9.17) is 20.4 Å². The maximum atomic E-state index is 12.9. The first-order chi connectivity index (χ1) is 14.4. The van der Waals surface area contributed by atoms with E-state index in [-0.39, 0.29) is 18.3 Å². The lowest BCUT2D eigenvalue weighted by atomic mass is 10.1. The van der Waals surface area contributed by atoms with Crippen molar-refractivity contribution in [2.24, 2.45) is 0 Å². The first kappa shape index (κ1) is 22.7. The molecule has 0 bridgehead atoms. The Morgan fingerprint density at radius 2 is 1.73 bits per heavy atom. The Hall–Kier alpha value is -3.62. The lowest BCUT2D eigenvalue weighted by Gasteiger charge is -2.23. The summed E-state index contributed by atoms with van der Waals surface area (Å²) in [6.07, 6.45) is 2.25. The molecule has 0 radical (unpaired) electrons. The quantitative estimate of drug-likeness (QED) is 0.732. The lowest BCUT2D eigenvalue weighted by Crippen LogP contribution is -2.37. The van der Waals surface area contributed by atoms with Gasteiger partial charge in [-0.15, -0.1) is 0 Å². The predicted molar refractivity (Wildman–Crippen MR) is 111 cm³/mol. The number of carboxylic acid groups (broad SMARTS) is 1. The normalized spacial score (nSPS) is 13.5. The molecule has 1 saturated heterocycles. The van der Waals surface area contributed by atoms with Crippen LogP contribution in [0.2, 0.25) is 0 Å². The summed E-state index contributed by atoms with van der Waals surface area (Å²) in [6.45, 7) is 3.79. The predicted octanol–water partition coefficient (Wildman–Crippen LogP) is 1.67. The molecule has 0 atom stereocenters. The third-order valence-corrected chi connectivity index (χ3v) is 4.74. The van der Waals surface area contributed by atoms with Gasteiger partial charge >= 0.3 is 0 Å². The number of carbonyl (C=O) groups is 3. The molecular formula is C21H26N4O5. The molecule has 3 rings (SSSR count). The van der Waals surface area contributed by atoms with Gasteiger partial charge in [0.15, 0.2) is 0 Å².